The van der Waals surface area contributed by atoms with Gasteiger partial charge in [-0.05, 0) is 48.8 Å². The van der Waals surface area contributed by atoms with Gasteiger partial charge in [-0.2, -0.15) is 4.98 Å². The van der Waals surface area contributed by atoms with Crippen molar-refractivity contribution in [3.05, 3.63) is 44.7 Å². The van der Waals surface area contributed by atoms with Crippen LogP contribution in [-0.4, -0.2) is 27.5 Å². The Hall–Kier alpha value is -1.99. The van der Waals surface area contributed by atoms with E-state index < -0.39 is 0 Å². The molecule has 1 unspecified atom stereocenters. The van der Waals surface area contributed by atoms with Gasteiger partial charge in [-0.1, -0.05) is 11.2 Å². The smallest absolute Gasteiger partial charge is 0.268 e. The third-order valence-electron chi connectivity index (χ3n) is 5.16. The molecule has 0 radical (unpaired) electrons. The zero-order valence-electron chi connectivity index (χ0n) is 14.3. The second-order valence-corrected chi connectivity index (χ2v) is 9.15. The predicted molar refractivity (Wildman–Crippen MR) is 101 cm³/mol. The van der Waals surface area contributed by atoms with Crippen molar-refractivity contribution in [1.29, 1.82) is 0 Å². The van der Waals surface area contributed by atoms with Crippen LogP contribution in [-0.2, 0) is 24.2 Å². The number of amides is 1. The number of aromatic nitrogens is 2. The number of fused-ring (bicyclic) bond motifs is 1. The number of carbonyl (C=O) groups excluding carboxylic acids is 1. The summed E-state index contributed by atoms with van der Waals surface area (Å²) in [6.07, 6.45) is 5.32. The van der Waals surface area contributed by atoms with Crippen LogP contribution in [0.25, 0.3) is 10.8 Å². The number of thiophene rings is 2. The highest BCUT2D eigenvalue weighted by Crippen LogP contribution is 2.36. The highest BCUT2D eigenvalue weighted by atomic mass is 32.1. The van der Waals surface area contributed by atoms with Crippen molar-refractivity contribution in [2.45, 2.75) is 44.6 Å². The first-order chi connectivity index (χ1) is 12.8. The highest BCUT2D eigenvalue weighted by Gasteiger charge is 2.34. The topological polar surface area (TPSA) is 59.2 Å². The zero-order valence-corrected chi connectivity index (χ0v) is 15.9. The van der Waals surface area contributed by atoms with Gasteiger partial charge in [-0.15, -0.1) is 22.7 Å². The van der Waals surface area contributed by atoms with E-state index in [4.69, 9.17) is 4.52 Å². The maximum Gasteiger partial charge on any atom is 0.268 e. The van der Waals surface area contributed by atoms with Gasteiger partial charge in [0, 0.05) is 28.6 Å². The second kappa shape index (κ2) is 6.63. The minimum Gasteiger partial charge on any atom is -0.337 e. The molecule has 5 rings (SSSR count). The number of likely N-dealkylation sites (tertiary alicyclic amines) is 1. The Kier molecular flexibility index (Phi) is 4.13. The van der Waals surface area contributed by atoms with Gasteiger partial charge in [0.2, 0.25) is 5.91 Å². The molecule has 1 aliphatic heterocycles. The van der Waals surface area contributed by atoms with Crippen molar-refractivity contribution in [2.75, 3.05) is 6.54 Å². The van der Waals surface area contributed by atoms with Gasteiger partial charge in [0.15, 0.2) is 5.82 Å². The number of rotatable bonds is 4. The predicted octanol–water partition coefficient (Wildman–Crippen LogP) is 4.25. The summed E-state index contributed by atoms with van der Waals surface area (Å²) >= 11 is 3.46. The van der Waals surface area contributed by atoms with Crippen LogP contribution in [0.1, 0.15) is 46.3 Å². The molecule has 1 amide bonds. The Balaban J connectivity index is 1.32. The molecule has 3 aromatic rings. The van der Waals surface area contributed by atoms with Gasteiger partial charge in [0.1, 0.15) is 0 Å². The zero-order chi connectivity index (χ0) is 17.5. The molecule has 7 heteroatoms. The van der Waals surface area contributed by atoms with Crippen LogP contribution in [0.5, 0.6) is 0 Å². The molecule has 4 heterocycles. The van der Waals surface area contributed by atoms with Gasteiger partial charge in [0.05, 0.1) is 11.4 Å². The van der Waals surface area contributed by atoms with Crippen LogP contribution >= 0.6 is 22.7 Å². The number of hydrogen-bond donors (Lipinski definition) is 0. The fraction of sp³-hybridized carbons (Fsp3) is 0.421. The molecule has 1 saturated heterocycles. The number of carbonyl (C=O) groups is 1. The molecule has 5 nitrogen and oxygen atoms in total. The van der Waals surface area contributed by atoms with E-state index in [1.165, 1.54) is 28.2 Å². The molecule has 0 aromatic carbocycles. The van der Waals surface area contributed by atoms with E-state index in [1.807, 2.05) is 16.3 Å². The largest absolute Gasteiger partial charge is 0.337 e. The van der Waals surface area contributed by atoms with E-state index >= 15 is 0 Å². The maximum atomic E-state index is 12.3. The van der Waals surface area contributed by atoms with Gasteiger partial charge in [-0.3, -0.25) is 4.79 Å². The molecule has 3 aromatic heterocycles. The third kappa shape index (κ3) is 2.99. The van der Waals surface area contributed by atoms with E-state index in [0.29, 0.717) is 31.2 Å². The summed E-state index contributed by atoms with van der Waals surface area (Å²) in [7, 11) is 0. The van der Waals surface area contributed by atoms with Crippen molar-refractivity contribution in [3.63, 3.8) is 0 Å². The molecule has 26 heavy (non-hydrogen) atoms. The molecule has 0 saturated carbocycles. The van der Waals surface area contributed by atoms with Crippen molar-refractivity contribution >= 4 is 28.6 Å². The average Bonchev–Trinajstić information content (AvgIpc) is 3.42. The summed E-state index contributed by atoms with van der Waals surface area (Å²) < 4.78 is 5.54. The summed E-state index contributed by atoms with van der Waals surface area (Å²) in [6.45, 7) is 1.34. The molecular formula is C19H19N3O2S2. The molecule has 0 N–H and O–H groups in total. The van der Waals surface area contributed by atoms with Crippen LogP contribution in [0.4, 0.5) is 0 Å². The first-order valence-electron chi connectivity index (χ1n) is 9.02. The SMILES string of the molecule is O=C1CC(c2noc(-c3cc4c(s3)CCCC4)n2)CN1Cc1cccs1. The fourth-order valence-electron chi connectivity index (χ4n) is 3.79. The lowest BCUT2D eigenvalue weighted by atomic mass is 9.99. The Labute approximate surface area is 159 Å². The lowest BCUT2D eigenvalue weighted by Gasteiger charge is -2.14. The minimum atomic E-state index is 0.0227. The maximum absolute atomic E-state index is 12.3. The van der Waals surface area contributed by atoms with E-state index in [0.717, 1.165) is 17.7 Å². The van der Waals surface area contributed by atoms with E-state index in [9.17, 15) is 4.79 Å². The van der Waals surface area contributed by atoms with Gasteiger partial charge in [0.25, 0.3) is 5.89 Å². The average molecular weight is 386 g/mol. The Morgan fingerprint density at radius 2 is 2.23 bits per heavy atom. The summed E-state index contributed by atoms with van der Waals surface area (Å²) in [5.74, 6) is 1.45. The molecule has 1 fully saturated rings. The summed E-state index contributed by atoms with van der Waals surface area (Å²) in [6, 6.07) is 6.29. The van der Waals surface area contributed by atoms with Crippen molar-refractivity contribution in [3.8, 4) is 10.8 Å². The Morgan fingerprint density at radius 3 is 3.08 bits per heavy atom. The first kappa shape index (κ1) is 16.2. The van der Waals surface area contributed by atoms with Gasteiger partial charge < -0.3 is 9.42 Å². The lowest BCUT2D eigenvalue weighted by Crippen LogP contribution is -2.23. The van der Waals surface area contributed by atoms with Crippen LogP contribution in [0.3, 0.4) is 0 Å². The second-order valence-electron chi connectivity index (χ2n) is 6.98. The molecule has 1 atom stereocenters. The molecule has 1 aliphatic carbocycles. The van der Waals surface area contributed by atoms with E-state index in [2.05, 4.69) is 22.3 Å². The van der Waals surface area contributed by atoms with Crippen LogP contribution in [0.15, 0.2) is 28.1 Å². The van der Waals surface area contributed by atoms with Gasteiger partial charge in [-0.25, -0.2) is 0 Å². The molecule has 2 aliphatic rings. The number of nitrogens with zero attached hydrogens (tertiary/aromatic N) is 3. The lowest BCUT2D eigenvalue weighted by molar-refractivity contribution is -0.128. The van der Waals surface area contributed by atoms with E-state index in [1.54, 1.807) is 22.7 Å². The van der Waals surface area contributed by atoms with Crippen LogP contribution in [0.2, 0.25) is 0 Å². The number of hydrogen-bond acceptors (Lipinski definition) is 6. The first-order valence-corrected chi connectivity index (χ1v) is 10.7. The molecule has 0 bridgehead atoms. The highest BCUT2D eigenvalue weighted by molar-refractivity contribution is 7.15. The van der Waals surface area contributed by atoms with Crippen molar-refractivity contribution in [1.82, 2.24) is 15.0 Å². The fourth-order valence-corrected chi connectivity index (χ4v) is 5.68. The molecule has 0 spiro atoms. The quantitative estimate of drug-likeness (QED) is 0.673. The Morgan fingerprint density at radius 1 is 1.31 bits per heavy atom. The van der Waals surface area contributed by atoms with Gasteiger partial charge >= 0.3 is 0 Å². The third-order valence-corrected chi connectivity index (χ3v) is 7.24. The Bertz CT molecular complexity index is 905. The molecular weight excluding hydrogens is 366 g/mol. The molecule has 134 valence electrons. The standard InChI is InChI=1S/C19H19N3O2S2/c23-17-9-13(10-22(17)11-14-5-3-7-25-14)18-20-19(24-21-18)16-8-12-4-1-2-6-15(12)26-16/h3,5,7-8,13H,1-2,4,6,9-11H2. The normalized spacial score (nSPS) is 19.9. The summed E-state index contributed by atoms with van der Waals surface area (Å²) in [4.78, 5) is 22.6. The van der Waals surface area contributed by atoms with Crippen molar-refractivity contribution in [2.24, 2.45) is 0 Å². The van der Waals surface area contributed by atoms with Crippen LogP contribution in [0, 0.1) is 0 Å². The van der Waals surface area contributed by atoms with Crippen LogP contribution < -0.4 is 0 Å². The van der Waals surface area contributed by atoms with E-state index in [-0.39, 0.29) is 11.8 Å². The summed E-state index contributed by atoms with van der Waals surface area (Å²) in [5, 5.41) is 6.23. The van der Waals surface area contributed by atoms with Crippen molar-refractivity contribution < 1.29 is 9.32 Å². The number of aryl methyl sites for hydroxylation is 2. The monoisotopic (exact) mass is 385 g/mol. The minimum absolute atomic E-state index is 0.0227. The summed E-state index contributed by atoms with van der Waals surface area (Å²) in [5.41, 5.74) is 1.44.